The van der Waals surface area contributed by atoms with Gasteiger partial charge in [0, 0.05) is 13.1 Å². The summed E-state index contributed by atoms with van der Waals surface area (Å²) in [6, 6.07) is 9.94. The fourth-order valence-corrected chi connectivity index (χ4v) is 2.85. The van der Waals surface area contributed by atoms with Crippen molar-refractivity contribution in [2.24, 2.45) is 5.92 Å². The van der Waals surface area contributed by atoms with Crippen molar-refractivity contribution in [1.29, 1.82) is 0 Å². The molecular weight excluding hydrogens is 238 g/mol. The van der Waals surface area contributed by atoms with E-state index in [0.717, 1.165) is 31.1 Å². The van der Waals surface area contributed by atoms with Crippen LogP contribution in [-0.2, 0) is 9.53 Å². The van der Waals surface area contributed by atoms with Gasteiger partial charge >= 0.3 is 5.97 Å². The second-order valence-corrected chi connectivity index (χ2v) is 5.49. The Morgan fingerprint density at radius 3 is 2.79 bits per heavy atom. The van der Waals surface area contributed by atoms with E-state index in [1.807, 2.05) is 30.3 Å². The number of methoxy groups -OCH3 is 1. The van der Waals surface area contributed by atoms with Gasteiger partial charge in [-0.2, -0.15) is 0 Å². The second kappa shape index (κ2) is 6.71. The number of nitrogens with zero attached hydrogens (tertiary/aromatic N) is 1. The number of rotatable bonds is 4. The third kappa shape index (κ3) is 3.80. The van der Waals surface area contributed by atoms with Gasteiger partial charge in [-0.3, -0.25) is 4.79 Å². The zero-order valence-corrected chi connectivity index (χ0v) is 11.8. The molecule has 0 saturated carbocycles. The average Bonchev–Trinajstić information content (AvgIpc) is 2.45. The van der Waals surface area contributed by atoms with Crippen molar-refractivity contribution in [3.8, 4) is 0 Å². The molecule has 19 heavy (non-hydrogen) atoms. The van der Waals surface area contributed by atoms with Crippen LogP contribution in [0.5, 0.6) is 0 Å². The molecule has 3 nitrogen and oxygen atoms in total. The van der Waals surface area contributed by atoms with Crippen molar-refractivity contribution in [2.75, 3.05) is 26.7 Å². The van der Waals surface area contributed by atoms with Crippen molar-refractivity contribution in [3.63, 3.8) is 0 Å². The van der Waals surface area contributed by atoms with Crippen LogP contribution in [0.4, 0.5) is 0 Å². The molecule has 3 heteroatoms. The van der Waals surface area contributed by atoms with Crippen molar-refractivity contribution < 1.29 is 9.53 Å². The third-order valence-electron chi connectivity index (χ3n) is 3.87. The molecule has 1 fully saturated rings. The smallest absolute Gasteiger partial charge is 0.314 e. The molecular formula is C16H23NO2. The van der Waals surface area contributed by atoms with Gasteiger partial charge in [0.25, 0.3) is 0 Å². The van der Waals surface area contributed by atoms with Gasteiger partial charge in [-0.1, -0.05) is 37.3 Å². The first-order valence-corrected chi connectivity index (χ1v) is 7.06. The molecule has 1 aliphatic heterocycles. The summed E-state index contributed by atoms with van der Waals surface area (Å²) >= 11 is 0. The van der Waals surface area contributed by atoms with Gasteiger partial charge in [-0.25, -0.2) is 0 Å². The summed E-state index contributed by atoms with van der Waals surface area (Å²) in [4.78, 5) is 14.4. The Bertz CT molecular complexity index is 404. The Morgan fingerprint density at radius 1 is 1.42 bits per heavy atom. The van der Waals surface area contributed by atoms with Gasteiger partial charge < -0.3 is 9.64 Å². The van der Waals surface area contributed by atoms with E-state index >= 15 is 0 Å². The van der Waals surface area contributed by atoms with Crippen LogP contribution >= 0.6 is 0 Å². The van der Waals surface area contributed by atoms with Gasteiger partial charge in [0.15, 0.2) is 0 Å². The normalized spacial score (nSPS) is 21.9. The van der Waals surface area contributed by atoms with E-state index in [-0.39, 0.29) is 11.9 Å². The fraction of sp³-hybridized carbons (Fsp3) is 0.562. The molecule has 0 bridgehead atoms. The monoisotopic (exact) mass is 261 g/mol. The highest BCUT2D eigenvalue weighted by atomic mass is 16.5. The molecule has 2 unspecified atom stereocenters. The lowest BCUT2D eigenvalue weighted by atomic mass is 9.95. The van der Waals surface area contributed by atoms with E-state index in [2.05, 4.69) is 11.8 Å². The van der Waals surface area contributed by atoms with Crippen molar-refractivity contribution >= 4 is 5.97 Å². The van der Waals surface area contributed by atoms with E-state index in [9.17, 15) is 4.79 Å². The van der Waals surface area contributed by atoms with Crippen LogP contribution in [0.1, 0.15) is 31.2 Å². The van der Waals surface area contributed by atoms with Crippen molar-refractivity contribution in [3.05, 3.63) is 35.9 Å². The highest BCUT2D eigenvalue weighted by molar-refractivity contribution is 5.78. The molecule has 1 heterocycles. The number of hydrogen-bond acceptors (Lipinski definition) is 3. The molecule has 1 aliphatic rings. The van der Waals surface area contributed by atoms with E-state index < -0.39 is 0 Å². The van der Waals surface area contributed by atoms with Gasteiger partial charge in [0.2, 0.25) is 0 Å². The molecule has 1 aromatic rings. The van der Waals surface area contributed by atoms with Gasteiger partial charge in [-0.05, 0) is 30.9 Å². The molecule has 2 atom stereocenters. The van der Waals surface area contributed by atoms with Crippen molar-refractivity contribution in [1.82, 2.24) is 4.90 Å². The standard InChI is InChI=1S/C16H23NO2/c1-13-7-6-10-17(11-13)12-15(16(18)19-2)14-8-4-3-5-9-14/h3-5,8-9,13,15H,6-7,10-12H2,1-2H3. The van der Waals surface area contributed by atoms with Crippen molar-refractivity contribution in [2.45, 2.75) is 25.7 Å². The van der Waals surface area contributed by atoms with Crippen LogP contribution in [-0.4, -0.2) is 37.6 Å². The zero-order valence-electron chi connectivity index (χ0n) is 11.8. The topological polar surface area (TPSA) is 29.5 Å². The molecule has 0 amide bonds. The number of carbonyl (C=O) groups excluding carboxylic acids is 1. The van der Waals surface area contributed by atoms with Crippen LogP contribution in [0.25, 0.3) is 0 Å². The first-order chi connectivity index (χ1) is 9.20. The number of benzene rings is 1. The highest BCUT2D eigenvalue weighted by Crippen LogP contribution is 2.22. The van der Waals surface area contributed by atoms with Gasteiger partial charge in [0.1, 0.15) is 0 Å². The minimum absolute atomic E-state index is 0.135. The van der Waals surface area contributed by atoms with E-state index in [0.29, 0.717) is 0 Å². The maximum absolute atomic E-state index is 12.0. The lowest BCUT2D eigenvalue weighted by Gasteiger charge is -2.33. The Labute approximate surface area is 115 Å². The summed E-state index contributed by atoms with van der Waals surface area (Å²) in [5, 5.41) is 0. The molecule has 0 radical (unpaired) electrons. The number of carbonyl (C=O) groups is 1. The third-order valence-corrected chi connectivity index (χ3v) is 3.87. The van der Waals surface area contributed by atoms with E-state index in [1.165, 1.54) is 20.0 Å². The summed E-state index contributed by atoms with van der Waals surface area (Å²) in [5.41, 5.74) is 1.05. The Hall–Kier alpha value is -1.35. The zero-order chi connectivity index (χ0) is 13.7. The molecule has 0 aliphatic carbocycles. The SMILES string of the molecule is COC(=O)C(CN1CCCC(C)C1)c1ccccc1. The molecule has 0 N–H and O–H groups in total. The number of piperidine rings is 1. The Morgan fingerprint density at radius 2 is 2.16 bits per heavy atom. The molecule has 104 valence electrons. The predicted molar refractivity (Wildman–Crippen MR) is 76.0 cm³/mol. The van der Waals surface area contributed by atoms with E-state index in [1.54, 1.807) is 0 Å². The molecule has 0 aromatic heterocycles. The van der Waals surface area contributed by atoms with Crippen LogP contribution in [0.2, 0.25) is 0 Å². The van der Waals surface area contributed by atoms with E-state index in [4.69, 9.17) is 4.74 Å². The predicted octanol–water partition coefficient (Wildman–Crippen LogP) is 2.68. The summed E-state index contributed by atoms with van der Waals surface area (Å²) in [6.45, 7) is 5.22. The molecule has 1 saturated heterocycles. The number of esters is 1. The van der Waals surface area contributed by atoms with Crippen LogP contribution in [0, 0.1) is 5.92 Å². The quantitative estimate of drug-likeness (QED) is 0.780. The Balaban J connectivity index is 2.08. The van der Waals surface area contributed by atoms with Crippen LogP contribution < -0.4 is 0 Å². The van der Waals surface area contributed by atoms with Gasteiger partial charge in [-0.15, -0.1) is 0 Å². The average molecular weight is 261 g/mol. The lowest BCUT2D eigenvalue weighted by molar-refractivity contribution is -0.143. The molecule has 1 aromatic carbocycles. The maximum atomic E-state index is 12.0. The summed E-state index contributed by atoms with van der Waals surface area (Å²) in [6.07, 6.45) is 2.52. The van der Waals surface area contributed by atoms with Crippen LogP contribution in [0.15, 0.2) is 30.3 Å². The number of likely N-dealkylation sites (tertiary alicyclic amines) is 1. The summed E-state index contributed by atoms with van der Waals surface area (Å²) in [5.74, 6) is 0.420. The van der Waals surface area contributed by atoms with Gasteiger partial charge in [0.05, 0.1) is 13.0 Å². The largest absolute Gasteiger partial charge is 0.469 e. The first kappa shape index (κ1) is 14.1. The number of ether oxygens (including phenoxy) is 1. The Kier molecular flexibility index (Phi) is 4.97. The van der Waals surface area contributed by atoms with Crippen LogP contribution in [0.3, 0.4) is 0 Å². The first-order valence-electron chi connectivity index (χ1n) is 7.06. The maximum Gasteiger partial charge on any atom is 0.314 e. The highest BCUT2D eigenvalue weighted by Gasteiger charge is 2.26. The lowest BCUT2D eigenvalue weighted by Crippen LogP contribution is -2.39. The minimum Gasteiger partial charge on any atom is -0.469 e. The minimum atomic E-state index is -0.170. The summed E-state index contributed by atoms with van der Waals surface area (Å²) in [7, 11) is 1.47. The summed E-state index contributed by atoms with van der Waals surface area (Å²) < 4.78 is 4.97. The number of hydrogen-bond donors (Lipinski definition) is 0. The molecule has 0 spiro atoms. The fourth-order valence-electron chi connectivity index (χ4n) is 2.85. The molecule has 2 rings (SSSR count). The second-order valence-electron chi connectivity index (χ2n) is 5.49.